The van der Waals surface area contributed by atoms with E-state index in [1.807, 2.05) is 32.0 Å². The van der Waals surface area contributed by atoms with Crippen molar-refractivity contribution in [2.75, 3.05) is 30.5 Å². The van der Waals surface area contributed by atoms with Crippen LogP contribution in [-0.4, -0.2) is 50.9 Å². The van der Waals surface area contributed by atoms with E-state index in [9.17, 15) is 14.4 Å². The van der Waals surface area contributed by atoms with Gasteiger partial charge in [0.1, 0.15) is 5.69 Å². The van der Waals surface area contributed by atoms with Crippen LogP contribution in [0.4, 0.5) is 5.69 Å². The Bertz CT molecular complexity index is 907. The Balaban J connectivity index is 1.93. The lowest BCUT2D eigenvalue weighted by molar-refractivity contribution is -0.131. The molecule has 0 aliphatic heterocycles. The van der Waals surface area contributed by atoms with E-state index in [-0.39, 0.29) is 35.0 Å². The van der Waals surface area contributed by atoms with Crippen LogP contribution in [0.5, 0.6) is 0 Å². The molecule has 1 aromatic carbocycles. The molecule has 9 nitrogen and oxygen atoms in total. The fourth-order valence-corrected chi connectivity index (χ4v) is 3.09. The van der Waals surface area contributed by atoms with Gasteiger partial charge < -0.3 is 16.1 Å². The highest BCUT2D eigenvalue weighted by molar-refractivity contribution is 7.99. The molecule has 1 aromatic heterocycles. The minimum Gasteiger partial charge on any atom is -0.336 e. The van der Waals surface area contributed by atoms with E-state index in [4.69, 9.17) is 5.84 Å². The van der Waals surface area contributed by atoms with Gasteiger partial charge in [0, 0.05) is 12.7 Å². The highest BCUT2D eigenvalue weighted by atomic mass is 32.2. The second-order valence-electron chi connectivity index (χ2n) is 6.10. The van der Waals surface area contributed by atoms with Crippen molar-refractivity contribution < 1.29 is 9.59 Å². The van der Waals surface area contributed by atoms with E-state index >= 15 is 0 Å². The molecular weight excluding hydrogens is 368 g/mol. The second kappa shape index (κ2) is 8.67. The number of hydrogen-bond donors (Lipinski definition) is 2. The maximum atomic E-state index is 12.3. The first-order chi connectivity index (χ1) is 12.7. The number of nitrogens with one attached hydrogen (secondary N) is 1. The van der Waals surface area contributed by atoms with Crippen LogP contribution in [0.3, 0.4) is 0 Å². The predicted octanol–water partition coefficient (Wildman–Crippen LogP) is 0.467. The highest BCUT2D eigenvalue weighted by Crippen LogP contribution is 2.19. The molecule has 0 radical (unpaired) electrons. The van der Waals surface area contributed by atoms with Gasteiger partial charge in [-0.05, 0) is 31.9 Å². The Morgan fingerprint density at radius 1 is 1.22 bits per heavy atom. The molecular formula is C17H22N6O3S. The number of thioether (sulfide) groups is 1. The number of hydrogen-bond acceptors (Lipinski definition) is 7. The number of nitrogens with two attached hydrogens (primary N) is 1. The Labute approximate surface area is 160 Å². The van der Waals surface area contributed by atoms with Crippen LogP contribution in [0.15, 0.2) is 28.2 Å². The smallest absolute Gasteiger partial charge is 0.294 e. The lowest BCUT2D eigenvalue weighted by atomic mass is 10.1. The van der Waals surface area contributed by atoms with Crippen molar-refractivity contribution in [1.82, 2.24) is 19.8 Å². The quantitative estimate of drug-likeness (QED) is 0.543. The Morgan fingerprint density at radius 3 is 2.48 bits per heavy atom. The zero-order chi connectivity index (χ0) is 20.1. The number of nitrogen functional groups attached to an aromatic ring is 1. The van der Waals surface area contributed by atoms with Crippen LogP contribution in [0.25, 0.3) is 0 Å². The maximum Gasteiger partial charge on any atom is 0.294 e. The molecule has 0 aliphatic rings. The lowest BCUT2D eigenvalue weighted by Crippen LogP contribution is -2.37. The van der Waals surface area contributed by atoms with E-state index in [2.05, 4.69) is 15.5 Å². The van der Waals surface area contributed by atoms with E-state index < -0.39 is 5.56 Å². The number of anilines is 1. The summed E-state index contributed by atoms with van der Waals surface area (Å²) in [4.78, 5) is 37.5. The van der Waals surface area contributed by atoms with Crippen molar-refractivity contribution in [2.45, 2.75) is 25.9 Å². The third-order valence-corrected chi connectivity index (χ3v) is 4.82. The van der Waals surface area contributed by atoms with Crippen molar-refractivity contribution in [3.05, 3.63) is 45.4 Å². The number of likely N-dealkylation sites (N-methyl/N-ethyl adjacent to an activating group) is 1. The van der Waals surface area contributed by atoms with Crippen molar-refractivity contribution in [3.63, 3.8) is 0 Å². The fraction of sp³-hybridized carbons (Fsp3) is 0.353. The van der Waals surface area contributed by atoms with Gasteiger partial charge in [0.15, 0.2) is 0 Å². The third-order valence-electron chi connectivity index (χ3n) is 3.90. The number of carbonyl (C=O) groups excluding carboxylic acids is 2. The molecule has 1 heterocycles. The standard InChI is InChI=1S/C17H22N6O3S/c1-10-6-5-7-11(2)15(10)19-13(24)8-22(4)14(25)9-27-17-21-20-12(3)16(26)23(17)18/h5-7H,8-9,18H2,1-4H3,(H,19,24). The minimum absolute atomic E-state index is 0.0262. The van der Waals surface area contributed by atoms with Gasteiger partial charge in [-0.3, -0.25) is 14.4 Å². The first-order valence-corrected chi connectivity index (χ1v) is 9.13. The third kappa shape index (κ3) is 5.07. The summed E-state index contributed by atoms with van der Waals surface area (Å²) in [5, 5.41) is 10.5. The molecule has 0 unspecified atom stereocenters. The number of nitrogens with zero attached hydrogens (tertiary/aromatic N) is 4. The van der Waals surface area contributed by atoms with Crippen LogP contribution < -0.4 is 16.7 Å². The van der Waals surface area contributed by atoms with E-state index in [1.165, 1.54) is 18.9 Å². The molecule has 0 fully saturated rings. The van der Waals surface area contributed by atoms with Crippen LogP contribution in [-0.2, 0) is 9.59 Å². The first kappa shape index (κ1) is 20.4. The molecule has 27 heavy (non-hydrogen) atoms. The average molecular weight is 390 g/mol. The van der Waals surface area contributed by atoms with Crippen molar-refractivity contribution in [1.29, 1.82) is 0 Å². The normalized spacial score (nSPS) is 10.5. The number of carbonyl (C=O) groups is 2. The van der Waals surface area contributed by atoms with Gasteiger partial charge >= 0.3 is 0 Å². The summed E-state index contributed by atoms with van der Waals surface area (Å²) < 4.78 is 0.855. The summed E-state index contributed by atoms with van der Waals surface area (Å²) in [6.07, 6.45) is 0. The van der Waals surface area contributed by atoms with E-state index in [0.717, 1.165) is 33.3 Å². The topological polar surface area (TPSA) is 123 Å². The van der Waals surface area contributed by atoms with Gasteiger partial charge in [-0.25, -0.2) is 0 Å². The number of aryl methyl sites for hydroxylation is 3. The lowest BCUT2D eigenvalue weighted by Gasteiger charge is -2.18. The zero-order valence-corrected chi connectivity index (χ0v) is 16.5. The monoisotopic (exact) mass is 390 g/mol. The van der Waals surface area contributed by atoms with Crippen molar-refractivity contribution in [2.24, 2.45) is 0 Å². The molecule has 0 saturated heterocycles. The first-order valence-electron chi connectivity index (χ1n) is 8.15. The van der Waals surface area contributed by atoms with Gasteiger partial charge in [0.25, 0.3) is 5.56 Å². The van der Waals surface area contributed by atoms with Gasteiger partial charge in [0.2, 0.25) is 17.0 Å². The number of amides is 2. The Kier molecular flexibility index (Phi) is 6.56. The molecule has 2 aromatic rings. The second-order valence-corrected chi connectivity index (χ2v) is 7.04. The summed E-state index contributed by atoms with van der Waals surface area (Å²) in [6, 6.07) is 5.73. The Morgan fingerprint density at radius 2 is 1.85 bits per heavy atom. The Hall–Kier alpha value is -2.88. The summed E-state index contributed by atoms with van der Waals surface area (Å²) in [6.45, 7) is 5.22. The van der Waals surface area contributed by atoms with Crippen molar-refractivity contribution in [3.8, 4) is 0 Å². The number of para-hydroxylation sites is 1. The van der Waals surface area contributed by atoms with Crippen LogP contribution >= 0.6 is 11.8 Å². The molecule has 10 heteroatoms. The fourth-order valence-electron chi connectivity index (χ4n) is 2.30. The van der Waals surface area contributed by atoms with Gasteiger partial charge in [-0.2, -0.15) is 4.68 Å². The largest absolute Gasteiger partial charge is 0.336 e. The van der Waals surface area contributed by atoms with E-state index in [1.54, 1.807) is 0 Å². The molecule has 144 valence electrons. The van der Waals surface area contributed by atoms with Gasteiger partial charge in [0.05, 0.1) is 12.3 Å². The minimum atomic E-state index is -0.471. The molecule has 2 rings (SSSR count). The number of rotatable bonds is 6. The van der Waals surface area contributed by atoms with Crippen LogP contribution in [0, 0.1) is 20.8 Å². The molecule has 2 amide bonds. The molecule has 0 atom stereocenters. The molecule has 0 bridgehead atoms. The molecule has 3 N–H and O–H groups in total. The van der Waals surface area contributed by atoms with E-state index in [0.29, 0.717) is 0 Å². The summed E-state index contributed by atoms with van der Waals surface area (Å²) >= 11 is 0.984. The molecule has 0 aliphatic carbocycles. The number of benzene rings is 1. The zero-order valence-electron chi connectivity index (χ0n) is 15.6. The van der Waals surface area contributed by atoms with Crippen LogP contribution in [0.2, 0.25) is 0 Å². The maximum absolute atomic E-state index is 12.3. The van der Waals surface area contributed by atoms with Crippen LogP contribution in [0.1, 0.15) is 16.8 Å². The highest BCUT2D eigenvalue weighted by Gasteiger charge is 2.16. The van der Waals surface area contributed by atoms with Crippen molar-refractivity contribution >= 4 is 29.3 Å². The summed E-state index contributed by atoms with van der Waals surface area (Å²) in [7, 11) is 1.53. The SMILES string of the molecule is Cc1cccc(C)c1NC(=O)CN(C)C(=O)CSc1nnc(C)c(=O)n1N. The summed E-state index contributed by atoms with van der Waals surface area (Å²) in [5.74, 6) is 5.01. The van der Waals surface area contributed by atoms with Gasteiger partial charge in [-0.15, -0.1) is 10.2 Å². The summed E-state index contributed by atoms with van der Waals surface area (Å²) in [5.41, 5.74) is 2.35. The predicted molar refractivity (Wildman–Crippen MR) is 104 cm³/mol. The van der Waals surface area contributed by atoms with Gasteiger partial charge in [-0.1, -0.05) is 30.0 Å². The number of aromatic nitrogens is 3. The molecule has 0 saturated carbocycles. The molecule has 0 spiro atoms. The average Bonchev–Trinajstić information content (AvgIpc) is 2.62.